The van der Waals surface area contributed by atoms with Crippen molar-refractivity contribution in [3.05, 3.63) is 0 Å². The molecule has 0 aromatic rings. The number of aliphatic hydroxyl groups excluding tert-OH is 1. The van der Waals surface area contributed by atoms with Crippen LogP contribution in [0.2, 0.25) is 0 Å². The Balaban J connectivity index is 3.24. The number of nitrogens with two attached hydrogens (primary N) is 4. The van der Waals surface area contributed by atoms with Crippen LogP contribution in [-0.2, 0) is 52.7 Å². The summed E-state index contributed by atoms with van der Waals surface area (Å²) in [4.78, 5) is 148. The molecular formula is C42H73N13O14S. The van der Waals surface area contributed by atoms with Gasteiger partial charge in [0.15, 0.2) is 5.96 Å². The topological polar surface area (TPSA) is 452 Å². The van der Waals surface area contributed by atoms with Gasteiger partial charge in [-0.1, -0.05) is 34.1 Å². The first-order chi connectivity index (χ1) is 32.8. The summed E-state index contributed by atoms with van der Waals surface area (Å²) in [5.41, 5.74) is 21.7. The number of aliphatic imine (C=N–C) groups is 1. The molecule has 70 heavy (non-hydrogen) atoms. The van der Waals surface area contributed by atoms with E-state index in [9.17, 15) is 68.1 Å². The maximum Gasteiger partial charge on any atom is 0.326 e. The molecule has 0 saturated carbocycles. The highest BCUT2D eigenvalue weighted by atomic mass is 32.1. The fourth-order valence-electron chi connectivity index (χ4n) is 7.04. The molecule has 0 aromatic carbocycles. The molecule has 1 saturated heterocycles. The molecule has 9 amide bonds. The number of carboxylic acids is 2. The number of hydrogen-bond acceptors (Lipinski definition) is 15. The first-order valence-corrected chi connectivity index (χ1v) is 23.6. The minimum atomic E-state index is -1.82. The lowest BCUT2D eigenvalue weighted by atomic mass is 9.97. The van der Waals surface area contributed by atoms with Gasteiger partial charge in [-0.05, 0) is 63.7 Å². The number of rotatable bonds is 32. The third-order valence-corrected chi connectivity index (χ3v) is 11.6. The molecule has 1 aliphatic rings. The van der Waals surface area contributed by atoms with Gasteiger partial charge >= 0.3 is 11.9 Å². The Morgan fingerprint density at radius 2 is 1.26 bits per heavy atom. The van der Waals surface area contributed by atoms with Crippen molar-refractivity contribution in [3.8, 4) is 0 Å². The molecule has 10 atom stereocenters. The second-order valence-electron chi connectivity index (χ2n) is 17.4. The van der Waals surface area contributed by atoms with Crippen molar-refractivity contribution in [2.24, 2.45) is 39.8 Å². The number of thiol groups is 1. The predicted octanol–water partition coefficient (Wildman–Crippen LogP) is -5.00. The summed E-state index contributed by atoms with van der Waals surface area (Å²) in [6, 6.07) is -12.3. The Morgan fingerprint density at radius 1 is 0.700 bits per heavy atom. The number of primary amides is 1. The SMILES string of the molecule is CC[C@H](C)[C@H](NC(=O)[C@H](C)NC(=O)[C@@H]1CCCN1C(=O)[C@H](CCC(N)=O)NC(=O)[C@H](CO)NC(=O)[C@H](CCC(=O)O)NC(=O)[C@H](CC(C)C)NC(=O)[C@@H](N)CS)C(=O)N[C@@H](CCCN=C(N)N)C(=O)O. The van der Waals surface area contributed by atoms with Gasteiger partial charge in [0.25, 0.3) is 0 Å². The molecule has 0 aromatic heterocycles. The summed E-state index contributed by atoms with van der Waals surface area (Å²) in [7, 11) is 0. The molecule has 18 N–H and O–H groups in total. The van der Waals surface area contributed by atoms with Crippen LogP contribution in [0.4, 0.5) is 0 Å². The van der Waals surface area contributed by atoms with E-state index in [1.807, 2.05) is 0 Å². The van der Waals surface area contributed by atoms with E-state index >= 15 is 0 Å². The minimum absolute atomic E-state index is 0.0165. The third kappa shape index (κ3) is 21.6. The van der Waals surface area contributed by atoms with E-state index in [-0.39, 0.29) is 62.8 Å². The highest BCUT2D eigenvalue weighted by Crippen LogP contribution is 2.20. The lowest BCUT2D eigenvalue weighted by Crippen LogP contribution is -2.61. The van der Waals surface area contributed by atoms with Crippen LogP contribution < -0.4 is 60.2 Å². The smallest absolute Gasteiger partial charge is 0.326 e. The maximum atomic E-state index is 14.1. The molecule has 0 unspecified atom stereocenters. The van der Waals surface area contributed by atoms with E-state index in [2.05, 4.69) is 54.8 Å². The molecule has 1 aliphatic heterocycles. The van der Waals surface area contributed by atoms with Gasteiger partial charge in [-0.15, -0.1) is 0 Å². The number of guanidine groups is 1. The van der Waals surface area contributed by atoms with Crippen LogP contribution in [0.3, 0.4) is 0 Å². The molecule has 28 heteroatoms. The van der Waals surface area contributed by atoms with E-state index in [1.165, 1.54) is 6.92 Å². The van der Waals surface area contributed by atoms with Crippen LogP contribution in [-0.4, -0.2) is 171 Å². The van der Waals surface area contributed by atoms with Crippen LogP contribution >= 0.6 is 12.6 Å². The van der Waals surface area contributed by atoms with Gasteiger partial charge in [-0.3, -0.25) is 52.9 Å². The molecule has 0 spiro atoms. The zero-order chi connectivity index (χ0) is 53.4. The monoisotopic (exact) mass is 1020 g/mol. The van der Waals surface area contributed by atoms with Crippen LogP contribution in [0.15, 0.2) is 4.99 Å². The van der Waals surface area contributed by atoms with Gasteiger partial charge in [0.2, 0.25) is 53.2 Å². The number of nitrogens with zero attached hydrogens (tertiary/aromatic N) is 2. The number of carbonyl (C=O) groups is 11. The zero-order valence-electron chi connectivity index (χ0n) is 40.2. The van der Waals surface area contributed by atoms with Crippen LogP contribution in [0, 0.1) is 11.8 Å². The Kier molecular flexibility index (Phi) is 27.4. The molecule has 396 valence electrons. The number of aliphatic hydroxyl groups is 1. The largest absolute Gasteiger partial charge is 0.481 e. The zero-order valence-corrected chi connectivity index (χ0v) is 41.1. The lowest BCUT2D eigenvalue weighted by Gasteiger charge is -2.31. The predicted molar refractivity (Wildman–Crippen MR) is 255 cm³/mol. The number of carbonyl (C=O) groups excluding carboxylic acids is 9. The van der Waals surface area contributed by atoms with Crippen molar-refractivity contribution in [2.75, 3.05) is 25.4 Å². The Hall–Kier alpha value is -6.29. The number of amides is 9. The molecule has 0 aliphatic carbocycles. The quantitative estimate of drug-likeness (QED) is 0.0130. The van der Waals surface area contributed by atoms with Crippen molar-refractivity contribution < 1.29 is 68.1 Å². The molecule has 1 fully saturated rings. The third-order valence-electron chi connectivity index (χ3n) is 11.2. The van der Waals surface area contributed by atoms with Gasteiger partial charge in [-0.2, -0.15) is 12.6 Å². The van der Waals surface area contributed by atoms with Gasteiger partial charge in [0.1, 0.15) is 48.3 Å². The Labute approximate surface area is 411 Å². The van der Waals surface area contributed by atoms with Gasteiger partial charge in [-0.25, -0.2) is 4.79 Å². The number of aliphatic carboxylic acids is 2. The highest BCUT2D eigenvalue weighted by Gasteiger charge is 2.40. The molecule has 27 nitrogen and oxygen atoms in total. The van der Waals surface area contributed by atoms with E-state index in [0.717, 1.165) is 4.90 Å². The van der Waals surface area contributed by atoms with Crippen molar-refractivity contribution in [1.82, 2.24) is 42.1 Å². The van der Waals surface area contributed by atoms with Crippen LogP contribution in [0.1, 0.15) is 98.8 Å². The number of carboxylic acid groups (broad SMARTS) is 2. The standard InChI is InChI=1S/C42H73N13O14S/c1-6-21(4)32(39(66)51-26(41(68)69)9-7-15-47-42(45)46)54-33(60)22(5)48-38(65)29-10-8-16-55(29)40(67)25(11-13-30(44)57)50-37(64)28(18-56)53-35(62)24(12-14-31(58)59)49-36(63)27(17-20(2)3)52-34(61)23(43)19-70/h20-29,32,56,70H,6-19,43H2,1-5H3,(H2,44,57)(H,48,65)(H,49,63)(H,50,64)(H,51,66)(H,52,61)(H,53,62)(H,54,60)(H,58,59)(H,68,69)(H4,45,46,47)/t21-,22-,23-,24-,25-,26-,27-,28-,29-,32-/m0/s1. The fourth-order valence-corrected chi connectivity index (χ4v) is 7.20. The van der Waals surface area contributed by atoms with Crippen LogP contribution in [0.25, 0.3) is 0 Å². The van der Waals surface area contributed by atoms with Gasteiger partial charge in [0, 0.05) is 31.7 Å². The first-order valence-electron chi connectivity index (χ1n) is 23.0. The minimum Gasteiger partial charge on any atom is -0.481 e. The second-order valence-corrected chi connectivity index (χ2v) is 17.8. The lowest BCUT2D eigenvalue weighted by molar-refractivity contribution is -0.143. The van der Waals surface area contributed by atoms with Crippen molar-refractivity contribution in [3.63, 3.8) is 0 Å². The number of hydrogen-bond donors (Lipinski definition) is 15. The second kappa shape index (κ2) is 31.0. The number of likely N-dealkylation sites (tertiary alicyclic amines) is 1. The van der Waals surface area contributed by atoms with Crippen LogP contribution in [0.5, 0.6) is 0 Å². The molecule has 1 heterocycles. The van der Waals surface area contributed by atoms with Crippen molar-refractivity contribution in [2.45, 2.75) is 153 Å². The summed E-state index contributed by atoms with van der Waals surface area (Å²) in [5.74, 6) is -11.5. The summed E-state index contributed by atoms with van der Waals surface area (Å²) < 4.78 is 0. The normalized spacial score (nSPS) is 17.1. The fraction of sp³-hybridized carbons (Fsp3) is 0.714. The van der Waals surface area contributed by atoms with E-state index in [1.54, 1.807) is 27.7 Å². The van der Waals surface area contributed by atoms with E-state index in [0.29, 0.717) is 6.42 Å². The van der Waals surface area contributed by atoms with E-state index in [4.69, 9.17) is 22.9 Å². The molecule has 0 radical (unpaired) electrons. The maximum absolute atomic E-state index is 14.1. The van der Waals surface area contributed by atoms with Gasteiger partial charge in [0.05, 0.1) is 12.6 Å². The average Bonchev–Trinajstić information content (AvgIpc) is 3.79. The molecule has 0 bridgehead atoms. The summed E-state index contributed by atoms with van der Waals surface area (Å²) >= 11 is 3.99. The van der Waals surface area contributed by atoms with Crippen molar-refractivity contribution in [1.29, 1.82) is 0 Å². The Morgan fingerprint density at radius 3 is 1.80 bits per heavy atom. The Bertz CT molecular complexity index is 1890. The molecular weight excluding hydrogens is 943 g/mol. The average molecular weight is 1020 g/mol. The highest BCUT2D eigenvalue weighted by molar-refractivity contribution is 7.80. The van der Waals surface area contributed by atoms with E-state index < -0.39 is 158 Å². The van der Waals surface area contributed by atoms with Crippen molar-refractivity contribution >= 4 is 83.7 Å². The van der Waals surface area contributed by atoms with Gasteiger partial charge < -0.3 is 80.4 Å². The summed E-state index contributed by atoms with van der Waals surface area (Å²) in [5, 5.41) is 46.3. The summed E-state index contributed by atoms with van der Waals surface area (Å²) in [6.45, 7) is 7.27. The first kappa shape index (κ1) is 61.7. The molecule has 1 rings (SSSR count). The number of nitrogens with one attached hydrogen (secondary N) is 7. The summed E-state index contributed by atoms with van der Waals surface area (Å²) in [6.07, 6.45) is -0.908.